The molecule has 0 fully saturated rings. The minimum atomic E-state index is 0.658. The topological polar surface area (TPSA) is 38.7 Å². The highest BCUT2D eigenvalue weighted by Gasteiger charge is 2.16. The molecule has 1 heterocycles. The molecule has 0 N–H and O–H groups in total. The Morgan fingerprint density at radius 3 is 2.02 bits per heavy atom. The summed E-state index contributed by atoms with van der Waals surface area (Å²) in [6.07, 6.45) is 13.1. The number of rotatable bonds is 7. The molecule has 3 heteroatoms. The van der Waals surface area contributed by atoms with Crippen LogP contribution in [-0.4, -0.2) is 15.0 Å². The summed E-state index contributed by atoms with van der Waals surface area (Å²) in [4.78, 5) is 14.8. The van der Waals surface area contributed by atoms with Gasteiger partial charge in [0.1, 0.15) is 0 Å². The smallest absolute Gasteiger partial charge is 0.164 e. The van der Waals surface area contributed by atoms with Crippen molar-refractivity contribution in [2.75, 3.05) is 0 Å². The van der Waals surface area contributed by atoms with E-state index >= 15 is 0 Å². The van der Waals surface area contributed by atoms with Crippen LogP contribution in [0.25, 0.3) is 39.5 Å². The van der Waals surface area contributed by atoms with Crippen LogP contribution in [0.15, 0.2) is 134 Å². The zero-order valence-corrected chi connectivity index (χ0v) is 25.8. The molecule has 1 aliphatic carbocycles. The van der Waals surface area contributed by atoms with E-state index in [0.29, 0.717) is 17.5 Å². The summed E-state index contributed by atoms with van der Waals surface area (Å²) in [5.74, 6) is 1.99. The molecule has 0 unspecified atom stereocenters. The minimum absolute atomic E-state index is 0.658. The molecule has 1 aliphatic rings. The van der Waals surface area contributed by atoms with E-state index in [-0.39, 0.29) is 0 Å². The van der Waals surface area contributed by atoms with Crippen molar-refractivity contribution in [2.24, 2.45) is 0 Å². The second-order valence-corrected chi connectivity index (χ2v) is 9.81. The highest BCUT2D eigenvalue weighted by molar-refractivity contribution is 5.76. The van der Waals surface area contributed by atoms with E-state index in [9.17, 15) is 0 Å². The van der Waals surface area contributed by atoms with Crippen LogP contribution < -0.4 is 0 Å². The number of nitrogens with zero attached hydrogens (tertiary/aromatic N) is 3. The Bertz CT molecular complexity index is 1560. The molecule has 42 heavy (non-hydrogen) atoms. The lowest BCUT2D eigenvalue weighted by Crippen LogP contribution is -2.04. The van der Waals surface area contributed by atoms with Gasteiger partial charge in [-0.2, -0.15) is 0 Å². The van der Waals surface area contributed by atoms with Crippen LogP contribution in [0, 0.1) is 6.92 Å². The Balaban J connectivity index is 0.000000910. The van der Waals surface area contributed by atoms with Gasteiger partial charge < -0.3 is 0 Å². The summed E-state index contributed by atoms with van der Waals surface area (Å²) in [6, 6.07) is 27.0. The summed E-state index contributed by atoms with van der Waals surface area (Å²) in [6.45, 7) is 18.3. The van der Waals surface area contributed by atoms with Crippen molar-refractivity contribution in [3.05, 3.63) is 145 Å². The van der Waals surface area contributed by atoms with Gasteiger partial charge in [0.25, 0.3) is 0 Å². The van der Waals surface area contributed by atoms with Crippen LogP contribution in [0.1, 0.15) is 58.3 Å². The van der Waals surface area contributed by atoms with Crippen molar-refractivity contribution in [1.82, 2.24) is 15.0 Å². The molecular formula is C39H43N3. The molecule has 0 bridgehead atoms. The molecule has 3 aromatic carbocycles. The fourth-order valence-corrected chi connectivity index (χ4v) is 4.34. The van der Waals surface area contributed by atoms with E-state index in [2.05, 4.69) is 119 Å². The second-order valence-electron chi connectivity index (χ2n) is 9.81. The van der Waals surface area contributed by atoms with Gasteiger partial charge in [0.15, 0.2) is 17.5 Å². The van der Waals surface area contributed by atoms with Gasteiger partial charge >= 0.3 is 0 Å². The largest absolute Gasteiger partial charge is 0.208 e. The third-order valence-electron chi connectivity index (χ3n) is 6.38. The summed E-state index contributed by atoms with van der Waals surface area (Å²) >= 11 is 0. The molecule has 0 saturated heterocycles. The monoisotopic (exact) mass is 553 g/mol. The fraction of sp³-hybridized carbons (Fsp3) is 0.205. The first-order valence-electron chi connectivity index (χ1n) is 14.9. The molecule has 0 aliphatic heterocycles. The zero-order chi connectivity index (χ0) is 30.3. The number of benzene rings is 3. The predicted molar refractivity (Wildman–Crippen MR) is 182 cm³/mol. The lowest BCUT2D eigenvalue weighted by molar-refractivity contribution is 0.969. The first kappa shape index (κ1) is 31.9. The Morgan fingerprint density at radius 1 is 0.762 bits per heavy atom. The van der Waals surface area contributed by atoms with Crippen LogP contribution in [0.2, 0.25) is 0 Å². The van der Waals surface area contributed by atoms with Crippen molar-refractivity contribution in [2.45, 2.75) is 53.9 Å². The maximum Gasteiger partial charge on any atom is 0.164 e. The van der Waals surface area contributed by atoms with E-state index < -0.39 is 0 Å². The Hall–Kier alpha value is -4.63. The fourth-order valence-electron chi connectivity index (χ4n) is 4.34. The normalized spacial score (nSPS) is 12.2. The molecule has 214 valence electrons. The minimum Gasteiger partial charge on any atom is -0.208 e. The van der Waals surface area contributed by atoms with E-state index in [1.54, 1.807) is 6.08 Å². The van der Waals surface area contributed by atoms with Crippen molar-refractivity contribution in [3.63, 3.8) is 0 Å². The summed E-state index contributed by atoms with van der Waals surface area (Å²) in [5, 5.41) is 0. The van der Waals surface area contributed by atoms with Crippen LogP contribution in [0.3, 0.4) is 0 Å². The van der Waals surface area contributed by atoms with Crippen molar-refractivity contribution < 1.29 is 0 Å². The maximum absolute atomic E-state index is 4.96. The standard InChI is InChI=1S/C34H29N3.C3H8.C2H6/c1-4-5-11-25(3)28-14-9-16-30(22-28)33-35-32(27-20-18-24(2)19-21-27)36-34(37-33)31-17-10-15-29(23-31)26-12-7-6-8-13-26;1-3-2;1-2/h4-8,10-13,15-23H,1,3,9,14H2,2H3;3H2,1-2H3;1-2H3/b11-5-;;. The van der Waals surface area contributed by atoms with E-state index in [4.69, 9.17) is 15.0 Å². The predicted octanol–water partition coefficient (Wildman–Crippen LogP) is 11.0. The molecule has 0 radical (unpaired) electrons. The Morgan fingerprint density at radius 2 is 1.36 bits per heavy atom. The van der Waals surface area contributed by atoms with Gasteiger partial charge in [0.05, 0.1) is 0 Å². The lowest BCUT2D eigenvalue weighted by atomic mass is 9.93. The average Bonchev–Trinajstić information content (AvgIpc) is 3.05. The van der Waals surface area contributed by atoms with Gasteiger partial charge in [-0.3, -0.25) is 0 Å². The Labute approximate surface area is 252 Å². The quantitative estimate of drug-likeness (QED) is 0.214. The highest BCUT2D eigenvalue weighted by Crippen LogP contribution is 2.31. The highest BCUT2D eigenvalue weighted by atomic mass is 15.0. The maximum atomic E-state index is 4.96. The van der Waals surface area contributed by atoms with Crippen molar-refractivity contribution in [1.29, 1.82) is 0 Å². The second kappa shape index (κ2) is 16.6. The SMILES string of the molecule is C=C/C=C\C(=C)C1=CC(c2nc(-c3ccc(C)cc3)nc(-c3cccc(-c4ccccc4)c3)n2)=CCC1.CC.CCC. The lowest BCUT2D eigenvalue weighted by Gasteiger charge is -2.15. The number of hydrogen-bond donors (Lipinski definition) is 0. The van der Waals surface area contributed by atoms with Crippen molar-refractivity contribution >= 4 is 5.57 Å². The molecule has 1 aromatic heterocycles. The molecule has 0 amide bonds. The number of allylic oxidation sites excluding steroid dienone is 8. The van der Waals surface area contributed by atoms with E-state index in [1.807, 2.05) is 32.1 Å². The first-order chi connectivity index (χ1) is 20.5. The molecular weight excluding hydrogens is 510 g/mol. The van der Waals surface area contributed by atoms with Crippen LogP contribution >= 0.6 is 0 Å². The van der Waals surface area contributed by atoms with Crippen LogP contribution in [-0.2, 0) is 0 Å². The summed E-state index contributed by atoms with van der Waals surface area (Å²) in [7, 11) is 0. The van der Waals surface area contributed by atoms with Gasteiger partial charge in [0, 0.05) is 16.7 Å². The number of aryl methyl sites for hydroxylation is 1. The molecule has 5 rings (SSSR count). The molecule has 0 saturated carbocycles. The van der Waals surface area contributed by atoms with E-state index in [1.165, 1.54) is 17.6 Å². The van der Waals surface area contributed by atoms with E-state index in [0.717, 1.165) is 46.2 Å². The number of aromatic nitrogens is 3. The zero-order valence-electron chi connectivity index (χ0n) is 25.8. The van der Waals surface area contributed by atoms with Gasteiger partial charge in [-0.1, -0.05) is 150 Å². The van der Waals surface area contributed by atoms with Gasteiger partial charge in [0.2, 0.25) is 0 Å². The summed E-state index contributed by atoms with van der Waals surface area (Å²) in [5.41, 5.74) is 8.56. The van der Waals surface area contributed by atoms with Gasteiger partial charge in [-0.25, -0.2) is 15.0 Å². The molecule has 3 nitrogen and oxygen atoms in total. The third-order valence-corrected chi connectivity index (χ3v) is 6.38. The Kier molecular flexibility index (Phi) is 12.6. The summed E-state index contributed by atoms with van der Waals surface area (Å²) < 4.78 is 0. The number of hydrogen-bond acceptors (Lipinski definition) is 3. The molecule has 0 spiro atoms. The third kappa shape index (κ3) is 8.68. The first-order valence-corrected chi connectivity index (χ1v) is 14.9. The molecule has 0 atom stereocenters. The van der Waals surface area contributed by atoms with Gasteiger partial charge in [-0.15, -0.1) is 0 Å². The van der Waals surface area contributed by atoms with Gasteiger partial charge in [-0.05, 0) is 54.2 Å². The van der Waals surface area contributed by atoms with Crippen LogP contribution in [0.5, 0.6) is 0 Å². The average molecular weight is 554 g/mol. The molecule has 4 aromatic rings. The van der Waals surface area contributed by atoms with Crippen molar-refractivity contribution in [3.8, 4) is 33.9 Å². The van der Waals surface area contributed by atoms with Crippen LogP contribution in [0.4, 0.5) is 0 Å².